The number of aliphatic carboxylic acids is 1. The number of carboxylic acid groups (broad SMARTS) is 1. The second kappa shape index (κ2) is 16.8. The van der Waals surface area contributed by atoms with Crippen molar-refractivity contribution in [1.29, 1.82) is 0 Å². The average Bonchev–Trinajstić information content (AvgIpc) is 3.36. The molecule has 0 aromatic carbocycles. The molecular formula is C21H38N10O6. The Kier molecular flexibility index (Phi) is 14.2. The molecule has 1 rings (SSSR count). The van der Waals surface area contributed by atoms with Crippen molar-refractivity contribution >= 4 is 29.7 Å². The number of nitrogens with zero attached hydrogens (tertiary/aromatic N) is 2. The maximum absolute atomic E-state index is 13.0. The lowest BCUT2D eigenvalue weighted by Gasteiger charge is -2.24. The summed E-state index contributed by atoms with van der Waals surface area (Å²) in [7, 11) is 0. The van der Waals surface area contributed by atoms with Crippen LogP contribution in [0.2, 0.25) is 0 Å². The molecule has 0 aliphatic heterocycles. The Hall–Kier alpha value is -3.76. The summed E-state index contributed by atoms with van der Waals surface area (Å²) in [6.45, 7) is -0.134. The van der Waals surface area contributed by atoms with Gasteiger partial charge in [-0.05, 0) is 32.2 Å². The molecule has 14 N–H and O–H groups in total. The highest BCUT2D eigenvalue weighted by atomic mass is 16.4. The second-order valence-corrected chi connectivity index (χ2v) is 8.33. The van der Waals surface area contributed by atoms with Crippen LogP contribution in [0.25, 0.3) is 0 Å². The molecular weight excluding hydrogens is 488 g/mol. The maximum atomic E-state index is 13.0. The lowest BCUT2D eigenvalue weighted by molar-refractivity contribution is -0.142. The zero-order valence-corrected chi connectivity index (χ0v) is 20.6. The Labute approximate surface area is 214 Å². The summed E-state index contributed by atoms with van der Waals surface area (Å²) in [5.74, 6) is -3.72. The number of aromatic amines is 1. The fourth-order valence-electron chi connectivity index (χ4n) is 3.24. The number of guanidine groups is 1. The molecule has 1 aromatic rings. The SMILES string of the molecule is NCCCCC(N)C(=O)NC(CO)C(=O)NC(Cc1cnc[nH]1)C(=O)NC(CCCN=C(N)N)C(=O)O. The van der Waals surface area contributed by atoms with E-state index in [9.17, 15) is 29.4 Å². The molecule has 0 fully saturated rings. The Morgan fingerprint density at radius 3 is 2.19 bits per heavy atom. The Balaban J connectivity index is 2.88. The number of nitrogens with one attached hydrogen (secondary N) is 4. The minimum atomic E-state index is -1.39. The summed E-state index contributed by atoms with van der Waals surface area (Å²) in [5, 5.41) is 26.4. The van der Waals surface area contributed by atoms with Crippen LogP contribution in [-0.2, 0) is 25.6 Å². The molecule has 208 valence electrons. The number of carboxylic acids is 1. The molecule has 3 amide bonds. The summed E-state index contributed by atoms with van der Waals surface area (Å²) < 4.78 is 0. The smallest absolute Gasteiger partial charge is 0.326 e. The van der Waals surface area contributed by atoms with E-state index in [0.29, 0.717) is 31.5 Å². The lowest BCUT2D eigenvalue weighted by atomic mass is 10.1. The Morgan fingerprint density at radius 1 is 0.973 bits per heavy atom. The van der Waals surface area contributed by atoms with Gasteiger partial charge in [0.15, 0.2) is 5.96 Å². The summed E-state index contributed by atoms with van der Waals surface area (Å²) in [6.07, 6.45) is 4.68. The molecule has 0 bridgehead atoms. The molecule has 1 aromatic heterocycles. The first-order chi connectivity index (χ1) is 17.6. The molecule has 4 unspecified atom stereocenters. The van der Waals surface area contributed by atoms with Crippen LogP contribution in [0.1, 0.15) is 37.8 Å². The molecule has 1 heterocycles. The van der Waals surface area contributed by atoms with Gasteiger partial charge >= 0.3 is 5.97 Å². The van der Waals surface area contributed by atoms with Crippen LogP contribution < -0.4 is 38.9 Å². The zero-order valence-electron chi connectivity index (χ0n) is 20.6. The number of aromatic nitrogens is 2. The summed E-state index contributed by atoms with van der Waals surface area (Å²) >= 11 is 0. The van der Waals surface area contributed by atoms with E-state index in [0.717, 1.165) is 0 Å². The molecule has 37 heavy (non-hydrogen) atoms. The van der Waals surface area contributed by atoms with E-state index >= 15 is 0 Å². The van der Waals surface area contributed by atoms with Crippen LogP contribution in [-0.4, -0.2) is 93.7 Å². The van der Waals surface area contributed by atoms with Gasteiger partial charge < -0.3 is 54.1 Å². The van der Waals surface area contributed by atoms with E-state index in [4.69, 9.17) is 22.9 Å². The van der Waals surface area contributed by atoms with E-state index in [1.54, 1.807) is 0 Å². The van der Waals surface area contributed by atoms with Gasteiger partial charge in [-0.2, -0.15) is 0 Å². The number of aliphatic hydroxyl groups excluding tert-OH is 1. The summed E-state index contributed by atoms with van der Waals surface area (Å²) in [5.41, 5.74) is 22.2. The van der Waals surface area contributed by atoms with Crippen LogP contribution in [0.4, 0.5) is 0 Å². The fraction of sp³-hybridized carbons (Fsp3) is 0.619. The third-order valence-electron chi connectivity index (χ3n) is 5.29. The highest BCUT2D eigenvalue weighted by molar-refractivity contribution is 5.94. The van der Waals surface area contributed by atoms with Crippen LogP contribution in [0, 0.1) is 0 Å². The number of amides is 3. The topological polar surface area (TPSA) is 290 Å². The number of carbonyl (C=O) groups is 4. The molecule has 0 saturated heterocycles. The monoisotopic (exact) mass is 526 g/mol. The molecule has 0 spiro atoms. The van der Waals surface area contributed by atoms with Crippen molar-refractivity contribution in [3.8, 4) is 0 Å². The third-order valence-corrected chi connectivity index (χ3v) is 5.29. The number of nitrogens with two attached hydrogens (primary N) is 4. The molecule has 16 heteroatoms. The minimum Gasteiger partial charge on any atom is -0.480 e. The van der Waals surface area contributed by atoms with Gasteiger partial charge in [0, 0.05) is 24.9 Å². The highest BCUT2D eigenvalue weighted by Gasteiger charge is 2.30. The maximum Gasteiger partial charge on any atom is 0.326 e. The normalized spacial score (nSPS) is 14.0. The fourth-order valence-corrected chi connectivity index (χ4v) is 3.24. The zero-order chi connectivity index (χ0) is 27.8. The largest absolute Gasteiger partial charge is 0.480 e. The number of hydrogen-bond acceptors (Lipinski definition) is 9. The van der Waals surface area contributed by atoms with Crippen molar-refractivity contribution in [3.63, 3.8) is 0 Å². The van der Waals surface area contributed by atoms with Gasteiger partial charge in [0.25, 0.3) is 0 Å². The molecule has 16 nitrogen and oxygen atoms in total. The van der Waals surface area contributed by atoms with E-state index in [2.05, 4.69) is 30.9 Å². The van der Waals surface area contributed by atoms with Crippen molar-refractivity contribution in [2.24, 2.45) is 27.9 Å². The minimum absolute atomic E-state index is 0.0277. The predicted molar refractivity (Wildman–Crippen MR) is 134 cm³/mol. The third kappa shape index (κ3) is 12.2. The van der Waals surface area contributed by atoms with Gasteiger partial charge in [-0.15, -0.1) is 0 Å². The van der Waals surface area contributed by atoms with E-state index in [1.165, 1.54) is 12.5 Å². The van der Waals surface area contributed by atoms with Crippen molar-refractivity contribution in [2.45, 2.75) is 62.7 Å². The first-order valence-corrected chi connectivity index (χ1v) is 11.8. The average molecular weight is 527 g/mol. The predicted octanol–water partition coefficient (Wildman–Crippen LogP) is -4.01. The van der Waals surface area contributed by atoms with Gasteiger partial charge in [-0.3, -0.25) is 19.4 Å². The lowest BCUT2D eigenvalue weighted by Crippen LogP contribution is -2.58. The van der Waals surface area contributed by atoms with Crippen molar-refractivity contribution < 1.29 is 29.4 Å². The number of imidazole rings is 1. The first kappa shape index (κ1) is 31.3. The number of H-pyrrole nitrogens is 1. The molecule has 0 aliphatic carbocycles. The number of rotatable bonds is 18. The van der Waals surface area contributed by atoms with Crippen LogP contribution in [0.5, 0.6) is 0 Å². The van der Waals surface area contributed by atoms with E-state index in [1.807, 2.05) is 0 Å². The van der Waals surface area contributed by atoms with Crippen molar-refractivity contribution in [1.82, 2.24) is 25.9 Å². The number of aliphatic imine (C=N–C) groups is 1. The summed E-state index contributed by atoms with van der Waals surface area (Å²) in [4.78, 5) is 60.2. The number of aliphatic hydroxyl groups is 1. The van der Waals surface area contributed by atoms with Crippen LogP contribution >= 0.6 is 0 Å². The quantitative estimate of drug-likeness (QED) is 0.0499. The highest BCUT2D eigenvalue weighted by Crippen LogP contribution is 2.04. The van der Waals surface area contributed by atoms with Gasteiger partial charge in [0.2, 0.25) is 17.7 Å². The number of unbranched alkanes of at least 4 members (excludes halogenated alkanes) is 1. The van der Waals surface area contributed by atoms with E-state index in [-0.39, 0.29) is 31.8 Å². The number of hydrogen-bond donors (Lipinski definition) is 10. The standard InChI is InChI=1S/C21H38N10O6/c22-6-2-1-4-13(23)17(33)31-16(10-32)19(35)30-15(8-12-9-26-11-28-12)18(34)29-14(20(36)37)5-3-7-27-21(24)25/h9,11,13-16,32H,1-8,10,22-23H2,(H,26,28)(H,29,34)(H,30,35)(H,31,33)(H,36,37)(H4,24,25,27). The second-order valence-electron chi connectivity index (χ2n) is 8.33. The van der Waals surface area contributed by atoms with Crippen molar-refractivity contribution in [2.75, 3.05) is 19.7 Å². The van der Waals surface area contributed by atoms with Crippen LogP contribution in [0.15, 0.2) is 17.5 Å². The Bertz CT molecular complexity index is 890. The summed E-state index contributed by atoms with van der Waals surface area (Å²) in [6, 6.07) is -4.83. The van der Waals surface area contributed by atoms with Crippen LogP contribution in [0.3, 0.4) is 0 Å². The molecule has 0 aliphatic rings. The van der Waals surface area contributed by atoms with Crippen molar-refractivity contribution in [3.05, 3.63) is 18.2 Å². The van der Waals surface area contributed by atoms with Gasteiger partial charge in [-0.25, -0.2) is 9.78 Å². The number of carbonyl (C=O) groups excluding carboxylic acids is 3. The molecule has 0 saturated carbocycles. The molecule has 0 radical (unpaired) electrons. The first-order valence-electron chi connectivity index (χ1n) is 11.8. The Morgan fingerprint density at radius 2 is 1.62 bits per heavy atom. The van der Waals surface area contributed by atoms with Gasteiger partial charge in [0.1, 0.15) is 18.1 Å². The molecule has 4 atom stereocenters. The van der Waals surface area contributed by atoms with Gasteiger partial charge in [0.05, 0.1) is 19.0 Å². The van der Waals surface area contributed by atoms with E-state index < -0.39 is 54.5 Å². The van der Waals surface area contributed by atoms with Gasteiger partial charge in [-0.1, -0.05) is 6.42 Å².